The van der Waals surface area contributed by atoms with Gasteiger partial charge in [0.25, 0.3) is 11.8 Å². The monoisotopic (exact) mass is 668 g/mol. The second-order valence-corrected chi connectivity index (χ2v) is 11.8. The molecule has 1 heterocycles. The number of carbonyl (C=O) groups is 3. The summed E-state index contributed by atoms with van der Waals surface area (Å²) in [4.78, 5) is 44.2. The van der Waals surface area contributed by atoms with Crippen LogP contribution in [0.15, 0.2) is 113 Å². The van der Waals surface area contributed by atoms with E-state index >= 15 is 0 Å². The molecule has 4 aromatic carbocycles. The fourth-order valence-electron chi connectivity index (χ4n) is 4.26. The van der Waals surface area contributed by atoms with Crippen LogP contribution in [0.25, 0.3) is 17.3 Å². The van der Waals surface area contributed by atoms with Crippen LogP contribution in [-0.4, -0.2) is 42.7 Å². The van der Waals surface area contributed by atoms with Crippen molar-refractivity contribution in [2.45, 2.75) is 4.90 Å². The summed E-state index contributed by atoms with van der Waals surface area (Å²) in [5, 5.41) is 10.6. The number of nitrogens with zero attached hydrogens (tertiary/aromatic N) is 1. The Morgan fingerprint density at radius 1 is 0.894 bits per heavy atom. The van der Waals surface area contributed by atoms with Gasteiger partial charge in [-0.25, -0.2) is 9.37 Å². The number of benzene rings is 4. The number of amides is 3. The molecule has 1 aromatic heterocycles. The van der Waals surface area contributed by atoms with Crippen LogP contribution in [0.3, 0.4) is 0 Å². The number of halogens is 1. The molecule has 0 aliphatic heterocycles. The highest BCUT2D eigenvalue weighted by molar-refractivity contribution is 8.00. The largest absolute Gasteiger partial charge is 0.497 e. The fraction of sp³-hybridized carbons (Fsp3) is 0.0857. The Hall–Kier alpha value is -5.46. The van der Waals surface area contributed by atoms with Crippen molar-refractivity contribution in [1.29, 1.82) is 0 Å². The number of rotatable bonds is 12. The smallest absolute Gasteiger partial charge is 0.272 e. The molecule has 0 atom stereocenters. The van der Waals surface area contributed by atoms with Gasteiger partial charge < -0.3 is 25.4 Å². The molecule has 0 spiro atoms. The molecule has 9 nitrogen and oxygen atoms in total. The van der Waals surface area contributed by atoms with Gasteiger partial charge >= 0.3 is 0 Å². The van der Waals surface area contributed by atoms with Crippen molar-refractivity contribution in [2.24, 2.45) is 0 Å². The minimum absolute atomic E-state index is 0.00205. The highest BCUT2D eigenvalue weighted by atomic mass is 32.2. The highest BCUT2D eigenvalue weighted by Gasteiger charge is 2.17. The number of anilines is 2. The topological polar surface area (TPSA) is 119 Å². The van der Waals surface area contributed by atoms with Crippen molar-refractivity contribution in [1.82, 2.24) is 10.3 Å². The van der Waals surface area contributed by atoms with Crippen molar-refractivity contribution in [2.75, 3.05) is 30.6 Å². The average molecular weight is 669 g/mol. The molecule has 5 aromatic rings. The van der Waals surface area contributed by atoms with Crippen molar-refractivity contribution >= 4 is 57.7 Å². The van der Waals surface area contributed by atoms with E-state index in [1.54, 1.807) is 90.3 Å². The third-order valence-electron chi connectivity index (χ3n) is 6.64. The van der Waals surface area contributed by atoms with E-state index in [0.29, 0.717) is 39.1 Å². The highest BCUT2D eigenvalue weighted by Crippen LogP contribution is 2.28. The van der Waals surface area contributed by atoms with Gasteiger partial charge in [0, 0.05) is 38.7 Å². The zero-order valence-corrected chi connectivity index (χ0v) is 26.9. The molecule has 0 fully saturated rings. The second kappa shape index (κ2) is 15.7. The number of aromatic nitrogens is 1. The van der Waals surface area contributed by atoms with Gasteiger partial charge in [0.2, 0.25) is 5.91 Å². The molecule has 0 saturated heterocycles. The number of thioether (sulfide) groups is 1. The van der Waals surface area contributed by atoms with Crippen LogP contribution in [-0.2, 0) is 9.59 Å². The van der Waals surface area contributed by atoms with Gasteiger partial charge in [-0.15, -0.1) is 23.1 Å². The van der Waals surface area contributed by atoms with E-state index in [1.807, 2.05) is 0 Å². The molecule has 3 amide bonds. The number of thiazole rings is 1. The number of hydrogen-bond acceptors (Lipinski definition) is 8. The molecule has 238 valence electrons. The summed E-state index contributed by atoms with van der Waals surface area (Å²) in [7, 11) is 3.04. The fourth-order valence-corrected chi connectivity index (χ4v) is 5.69. The maximum atomic E-state index is 13.4. The van der Waals surface area contributed by atoms with Gasteiger partial charge in [-0.2, -0.15) is 0 Å². The molecule has 3 N–H and O–H groups in total. The Balaban J connectivity index is 1.22. The summed E-state index contributed by atoms with van der Waals surface area (Å²) in [6, 6.07) is 26.7. The minimum atomic E-state index is -0.546. The number of methoxy groups -OCH3 is 2. The van der Waals surface area contributed by atoms with Crippen molar-refractivity contribution in [3.05, 3.63) is 125 Å². The molecule has 0 unspecified atom stereocenters. The van der Waals surface area contributed by atoms with Crippen molar-refractivity contribution in [3.63, 3.8) is 0 Å². The van der Waals surface area contributed by atoms with E-state index < -0.39 is 11.8 Å². The summed E-state index contributed by atoms with van der Waals surface area (Å²) in [5.41, 5.74) is 2.84. The van der Waals surface area contributed by atoms with Crippen LogP contribution in [0.2, 0.25) is 0 Å². The predicted molar refractivity (Wildman–Crippen MR) is 183 cm³/mol. The van der Waals surface area contributed by atoms with E-state index in [-0.39, 0.29) is 23.2 Å². The van der Waals surface area contributed by atoms with Gasteiger partial charge in [0.1, 0.15) is 23.0 Å². The van der Waals surface area contributed by atoms with E-state index in [4.69, 9.17) is 9.47 Å². The van der Waals surface area contributed by atoms with Crippen LogP contribution >= 0.6 is 23.1 Å². The van der Waals surface area contributed by atoms with Crippen LogP contribution in [0.4, 0.5) is 15.2 Å². The van der Waals surface area contributed by atoms with Crippen molar-refractivity contribution in [3.8, 4) is 22.8 Å². The molecule has 0 radical (unpaired) electrons. The predicted octanol–water partition coefficient (Wildman–Crippen LogP) is 7.11. The SMILES string of the molecule is COc1ccc(/C=C(\NC(=O)c2ccccc2)C(=O)Nc2ccc(SCC(=O)Nc3nc(-c4ccc(F)cc4)cs3)cc2)c(OC)c1. The van der Waals surface area contributed by atoms with Crippen LogP contribution < -0.4 is 25.4 Å². The first-order valence-corrected chi connectivity index (χ1v) is 16.0. The Morgan fingerprint density at radius 3 is 2.34 bits per heavy atom. The van der Waals surface area contributed by atoms with Crippen LogP contribution in [0, 0.1) is 5.82 Å². The first kappa shape index (κ1) is 32.9. The number of carbonyl (C=O) groups excluding carboxylic acids is 3. The lowest BCUT2D eigenvalue weighted by Gasteiger charge is -2.13. The molecule has 5 rings (SSSR count). The lowest BCUT2D eigenvalue weighted by Crippen LogP contribution is -2.30. The Kier molecular flexibility index (Phi) is 11.0. The average Bonchev–Trinajstić information content (AvgIpc) is 3.56. The van der Waals surface area contributed by atoms with E-state index in [9.17, 15) is 18.8 Å². The molecular weight excluding hydrogens is 640 g/mol. The first-order valence-electron chi connectivity index (χ1n) is 14.2. The Morgan fingerprint density at radius 2 is 1.64 bits per heavy atom. The third-order valence-corrected chi connectivity index (χ3v) is 8.41. The molecular formula is C35H29FN4O5S2. The molecule has 0 aliphatic carbocycles. The summed E-state index contributed by atoms with van der Waals surface area (Å²) in [5.74, 6) is -0.386. The molecule has 47 heavy (non-hydrogen) atoms. The number of nitrogens with one attached hydrogen (secondary N) is 3. The maximum absolute atomic E-state index is 13.4. The normalized spacial score (nSPS) is 11.0. The quantitative estimate of drug-likeness (QED) is 0.0958. The van der Waals surface area contributed by atoms with Crippen LogP contribution in [0.5, 0.6) is 11.5 Å². The van der Waals surface area contributed by atoms with Crippen molar-refractivity contribution < 1.29 is 28.2 Å². The zero-order chi connectivity index (χ0) is 33.2. The Labute approximate surface area is 278 Å². The molecule has 0 aliphatic rings. The summed E-state index contributed by atoms with van der Waals surface area (Å²) in [6.45, 7) is 0. The number of hydrogen-bond donors (Lipinski definition) is 3. The molecule has 0 saturated carbocycles. The van der Waals surface area contributed by atoms with Gasteiger partial charge in [0.05, 0.1) is 25.7 Å². The summed E-state index contributed by atoms with van der Waals surface area (Å²) in [6.07, 6.45) is 1.53. The minimum Gasteiger partial charge on any atom is -0.497 e. The summed E-state index contributed by atoms with van der Waals surface area (Å²) < 4.78 is 23.9. The number of ether oxygens (including phenoxy) is 2. The maximum Gasteiger partial charge on any atom is 0.272 e. The molecule has 0 bridgehead atoms. The zero-order valence-electron chi connectivity index (χ0n) is 25.3. The lowest BCUT2D eigenvalue weighted by atomic mass is 10.1. The second-order valence-electron chi connectivity index (χ2n) is 9.85. The third kappa shape index (κ3) is 9.06. The van der Waals surface area contributed by atoms with Gasteiger partial charge in [-0.05, 0) is 78.9 Å². The Bertz CT molecular complexity index is 1900. The van der Waals surface area contributed by atoms with Gasteiger partial charge in [0.15, 0.2) is 5.13 Å². The first-order chi connectivity index (χ1) is 22.8. The lowest BCUT2D eigenvalue weighted by molar-refractivity contribution is -0.114. The van der Waals surface area contributed by atoms with E-state index in [1.165, 1.54) is 55.5 Å². The standard InChI is InChI=1S/C35H29FN4O5S2/c1-44-27-15-10-24(31(19-27)45-2)18-29(38-33(42)23-6-4-3-5-7-23)34(43)37-26-13-16-28(17-14-26)46-21-32(41)40-35-39-30(20-47-35)22-8-11-25(36)12-9-22/h3-20H,21H2,1-2H3,(H,37,43)(H,38,42)(H,39,40,41)/b29-18-. The summed E-state index contributed by atoms with van der Waals surface area (Å²) >= 11 is 2.60. The van der Waals surface area contributed by atoms with E-state index in [2.05, 4.69) is 20.9 Å². The van der Waals surface area contributed by atoms with Crippen LogP contribution in [0.1, 0.15) is 15.9 Å². The van der Waals surface area contributed by atoms with E-state index in [0.717, 1.165) is 10.5 Å². The van der Waals surface area contributed by atoms with Gasteiger partial charge in [-0.3, -0.25) is 14.4 Å². The van der Waals surface area contributed by atoms with Gasteiger partial charge in [-0.1, -0.05) is 18.2 Å². The molecule has 12 heteroatoms.